The summed E-state index contributed by atoms with van der Waals surface area (Å²) in [6, 6.07) is 13.4. The van der Waals surface area contributed by atoms with Crippen LogP contribution in [-0.2, 0) is 4.79 Å². The zero-order valence-corrected chi connectivity index (χ0v) is 19.4. The lowest BCUT2D eigenvalue weighted by Crippen LogP contribution is -2.42. The third kappa shape index (κ3) is 4.40. The van der Waals surface area contributed by atoms with Crippen molar-refractivity contribution in [1.29, 1.82) is 0 Å². The van der Waals surface area contributed by atoms with Crippen LogP contribution >= 0.6 is 11.8 Å². The van der Waals surface area contributed by atoms with Gasteiger partial charge >= 0.3 is 0 Å². The van der Waals surface area contributed by atoms with E-state index in [0.717, 1.165) is 37.2 Å². The van der Waals surface area contributed by atoms with Crippen LogP contribution in [0.1, 0.15) is 37.8 Å². The molecule has 1 atom stereocenters. The van der Waals surface area contributed by atoms with E-state index in [9.17, 15) is 9.59 Å². The summed E-state index contributed by atoms with van der Waals surface area (Å²) in [7, 11) is 0. The van der Waals surface area contributed by atoms with E-state index < -0.39 is 0 Å². The molecule has 2 heterocycles. The van der Waals surface area contributed by atoms with Gasteiger partial charge in [0.15, 0.2) is 5.16 Å². The van der Waals surface area contributed by atoms with E-state index in [4.69, 9.17) is 4.98 Å². The first-order chi connectivity index (χ1) is 14.8. The lowest BCUT2D eigenvalue weighted by Gasteiger charge is -2.32. The molecule has 0 bridgehead atoms. The summed E-state index contributed by atoms with van der Waals surface area (Å²) < 4.78 is 1.65. The fraction of sp³-hybridized carbons (Fsp3) is 0.400. The number of amides is 1. The topological polar surface area (TPSA) is 55.2 Å². The molecule has 31 heavy (non-hydrogen) atoms. The molecule has 1 aromatic heterocycles. The number of hydrogen-bond acceptors (Lipinski definition) is 4. The maximum atomic E-state index is 13.4. The molecule has 1 fully saturated rings. The van der Waals surface area contributed by atoms with Crippen LogP contribution in [0.2, 0.25) is 0 Å². The lowest BCUT2D eigenvalue weighted by molar-refractivity contribution is -0.131. The van der Waals surface area contributed by atoms with Gasteiger partial charge in [0.2, 0.25) is 5.91 Å². The number of rotatable bonds is 4. The average molecular weight is 436 g/mol. The minimum absolute atomic E-state index is 0.109. The van der Waals surface area contributed by atoms with Gasteiger partial charge in [0, 0.05) is 13.1 Å². The number of aromatic nitrogens is 2. The highest BCUT2D eigenvalue weighted by Gasteiger charge is 2.27. The number of para-hydroxylation sites is 1. The van der Waals surface area contributed by atoms with Crippen LogP contribution in [0.3, 0.4) is 0 Å². The summed E-state index contributed by atoms with van der Waals surface area (Å²) in [6.45, 7) is 9.85. The first-order valence-electron chi connectivity index (χ1n) is 10.9. The number of carbonyl (C=O) groups is 1. The molecule has 0 N–H and O–H groups in total. The van der Waals surface area contributed by atoms with Crippen molar-refractivity contribution in [3.63, 3.8) is 0 Å². The Balaban J connectivity index is 1.74. The summed E-state index contributed by atoms with van der Waals surface area (Å²) in [5, 5.41) is 0.812. The Hall–Kier alpha value is -2.60. The minimum Gasteiger partial charge on any atom is -0.342 e. The second-order valence-corrected chi connectivity index (χ2v) is 9.90. The predicted octanol–water partition coefficient (Wildman–Crippen LogP) is 4.74. The molecule has 1 aliphatic rings. The number of benzene rings is 2. The van der Waals surface area contributed by atoms with E-state index in [0.29, 0.717) is 22.0 Å². The Morgan fingerprint density at radius 3 is 2.52 bits per heavy atom. The van der Waals surface area contributed by atoms with E-state index in [1.54, 1.807) is 10.6 Å². The summed E-state index contributed by atoms with van der Waals surface area (Å²) in [5.41, 5.74) is 3.60. The van der Waals surface area contributed by atoms with Gasteiger partial charge < -0.3 is 4.90 Å². The normalized spacial score (nSPS) is 15.9. The largest absolute Gasteiger partial charge is 0.342 e. The Bertz CT molecular complexity index is 1180. The Kier molecular flexibility index (Phi) is 6.19. The molecule has 5 nitrogen and oxygen atoms in total. The Morgan fingerprint density at radius 1 is 1.10 bits per heavy atom. The van der Waals surface area contributed by atoms with E-state index in [1.165, 1.54) is 17.3 Å². The summed E-state index contributed by atoms with van der Waals surface area (Å²) in [5.74, 6) is 0.787. The smallest absolute Gasteiger partial charge is 0.266 e. The van der Waals surface area contributed by atoms with Gasteiger partial charge in [-0.3, -0.25) is 14.2 Å². The minimum atomic E-state index is -0.320. The fourth-order valence-electron chi connectivity index (χ4n) is 3.98. The van der Waals surface area contributed by atoms with Crippen molar-refractivity contribution < 1.29 is 4.79 Å². The van der Waals surface area contributed by atoms with Gasteiger partial charge in [0.05, 0.1) is 21.8 Å². The zero-order chi connectivity index (χ0) is 22.1. The molecule has 0 spiro atoms. The van der Waals surface area contributed by atoms with Gasteiger partial charge in [-0.1, -0.05) is 36.9 Å². The number of piperidine rings is 1. The maximum Gasteiger partial charge on any atom is 0.266 e. The highest BCUT2D eigenvalue weighted by molar-refractivity contribution is 8.00. The number of thioether (sulfide) groups is 1. The fourth-order valence-corrected chi connectivity index (χ4v) is 4.99. The van der Waals surface area contributed by atoms with Crippen LogP contribution in [0.5, 0.6) is 0 Å². The lowest BCUT2D eigenvalue weighted by atomic mass is 9.99. The number of likely N-dealkylation sites (tertiary alicyclic amines) is 1. The molecule has 1 aliphatic heterocycles. The molecule has 2 aromatic carbocycles. The Labute approximate surface area is 187 Å². The summed E-state index contributed by atoms with van der Waals surface area (Å²) in [6.07, 6.45) is 2.09. The highest BCUT2D eigenvalue weighted by atomic mass is 32.2. The third-order valence-electron chi connectivity index (χ3n) is 6.22. The second kappa shape index (κ2) is 8.87. The van der Waals surface area contributed by atoms with Gasteiger partial charge in [-0.25, -0.2) is 4.98 Å². The molecule has 162 valence electrons. The van der Waals surface area contributed by atoms with Gasteiger partial charge in [-0.2, -0.15) is 0 Å². The van der Waals surface area contributed by atoms with Crippen LogP contribution in [0.15, 0.2) is 52.4 Å². The molecule has 1 saturated heterocycles. The zero-order valence-electron chi connectivity index (χ0n) is 18.6. The first-order valence-corrected chi connectivity index (χ1v) is 11.8. The molecular formula is C25H29N3O2S. The third-order valence-corrected chi connectivity index (χ3v) is 7.26. The van der Waals surface area contributed by atoms with E-state index in [1.807, 2.05) is 55.1 Å². The summed E-state index contributed by atoms with van der Waals surface area (Å²) in [4.78, 5) is 33.3. The molecule has 1 amide bonds. The number of nitrogens with zero attached hydrogens (tertiary/aromatic N) is 3. The van der Waals surface area contributed by atoms with Gasteiger partial charge in [0.25, 0.3) is 5.56 Å². The van der Waals surface area contributed by atoms with E-state index in [-0.39, 0.29) is 16.7 Å². The van der Waals surface area contributed by atoms with Crippen molar-refractivity contribution >= 4 is 28.6 Å². The first kappa shape index (κ1) is 21.6. The van der Waals surface area contributed by atoms with E-state index in [2.05, 4.69) is 13.8 Å². The number of carbonyl (C=O) groups excluding carboxylic acids is 1. The standard InChI is InChI=1S/C25H29N3O2S/c1-16-11-13-27(14-12-16)23(29)19(4)31-25-26-22-8-6-5-7-21(22)24(30)28(25)20-10-9-17(2)18(3)15-20/h5-10,15-16,19H,11-14H2,1-4H3. The highest BCUT2D eigenvalue weighted by Crippen LogP contribution is 2.28. The van der Waals surface area contributed by atoms with E-state index >= 15 is 0 Å². The molecular weight excluding hydrogens is 406 g/mol. The number of aryl methyl sites for hydroxylation is 2. The molecule has 1 unspecified atom stereocenters. The van der Waals surface area contributed by atoms with Crippen molar-refractivity contribution in [3.8, 4) is 5.69 Å². The maximum absolute atomic E-state index is 13.4. The average Bonchev–Trinajstić information content (AvgIpc) is 2.76. The van der Waals surface area contributed by atoms with Crippen LogP contribution in [-0.4, -0.2) is 38.7 Å². The number of hydrogen-bond donors (Lipinski definition) is 0. The van der Waals surface area contributed by atoms with Crippen molar-refractivity contribution in [2.75, 3.05) is 13.1 Å². The monoisotopic (exact) mass is 435 g/mol. The SMILES string of the molecule is Cc1ccc(-n2c(SC(C)C(=O)N3CCC(C)CC3)nc3ccccc3c2=O)cc1C. The molecule has 6 heteroatoms. The van der Waals surface area contributed by atoms with Gasteiger partial charge in [0.1, 0.15) is 0 Å². The van der Waals surface area contributed by atoms with Crippen molar-refractivity contribution in [2.45, 2.75) is 50.9 Å². The van der Waals surface area contributed by atoms with Gasteiger partial charge in [-0.15, -0.1) is 0 Å². The van der Waals surface area contributed by atoms with Crippen LogP contribution in [0.25, 0.3) is 16.6 Å². The van der Waals surface area contributed by atoms with Crippen LogP contribution in [0, 0.1) is 19.8 Å². The molecule has 0 radical (unpaired) electrons. The van der Waals surface area contributed by atoms with Crippen molar-refractivity contribution in [1.82, 2.24) is 14.5 Å². The number of fused-ring (bicyclic) bond motifs is 1. The predicted molar refractivity (Wildman–Crippen MR) is 127 cm³/mol. The van der Waals surface area contributed by atoms with Crippen LogP contribution < -0.4 is 5.56 Å². The summed E-state index contributed by atoms with van der Waals surface area (Å²) >= 11 is 1.37. The molecule has 0 saturated carbocycles. The van der Waals surface area contributed by atoms with Crippen molar-refractivity contribution in [2.24, 2.45) is 5.92 Å². The molecule has 3 aromatic rings. The second-order valence-electron chi connectivity index (χ2n) is 8.59. The molecule has 4 rings (SSSR count). The molecule has 0 aliphatic carbocycles. The van der Waals surface area contributed by atoms with Gasteiger partial charge in [-0.05, 0) is 74.9 Å². The Morgan fingerprint density at radius 2 is 1.81 bits per heavy atom. The van der Waals surface area contributed by atoms with Crippen LogP contribution in [0.4, 0.5) is 0 Å². The quantitative estimate of drug-likeness (QED) is 0.439. The van der Waals surface area contributed by atoms with Crippen molar-refractivity contribution in [3.05, 3.63) is 63.9 Å².